The molecule has 0 spiro atoms. The summed E-state index contributed by atoms with van der Waals surface area (Å²) in [5.74, 6) is 1.05. The van der Waals surface area contributed by atoms with Crippen LogP contribution in [0.15, 0.2) is 36.5 Å². The second-order valence-electron chi connectivity index (χ2n) is 6.76. The van der Waals surface area contributed by atoms with Gasteiger partial charge in [-0.15, -0.1) is 0 Å². The minimum absolute atomic E-state index is 0.126. The highest BCUT2D eigenvalue weighted by Crippen LogP contribution is 2.20. The van der Waals surface area contributed by atoms with Gasteiger partial charge in [-0.3, -0.25) is 4.79 Å². The summed E-state index contributed by atoms with van der Waals surface area (Å²) in [4.78, 5) is 33.5. The first-order valence-corrected chi connectivity index (χ1v) is 9.69. The topological polar surface area (TPSA) is 108 Å². The van der Waals surface area contributed by atoms with Crippen LogP contribution in [0.2, 0.25) is 0 Å². The molecule has 1 aromatic heterocycles. The highest BCUT2D eigenvalue weighted by Gasteiger charge is 2.23. The summed E-state index contributed by atoms with van der Waals surface area (Å²) in [5, 5.41) is 9.30. The second kappa shape index (κ2) is 9.72. The molecule has 9 nitrogen and oxygen atoms in total. The molecule has 1 aliphatic heterocycles. The van der Waals surface area contributed by atoms with E-state index in [1.165, 1.54) is 6.92 Å². The zero-order chi connectivity index (χ0) is 20.6. The fraction of sp³-hybridized carbons (Fsp3) is 0.400. The number of likely N-dealkylation sites (tertiary alicyclic amines) is 1. The van der Waals surface area contributed by atoms with Crippen LogP contribution in [0.3, 0.4) is 0 Å². The molecule has 1 fully saturated rings. The van der Waals surface area contributed by atoms with Gasteiger partial charge in [0.2, 0.25) is 11.9 Å². The van der Waals surface area contributed by atoms with Crippen LogP contribution in [-0.4, -0.2) is 52.6 Å². The summed E-state index contributed by atoms with van der Waals surface area (Å²) >= 11 is 0. The molecule has 1 aliphatic rings. The number of nitrogens with one attached hydrogen (secondary N) is 3. The number of aromatic nitrogens is 2. The highest BCUT2D eigenvalue weighted by atomic mass is 16.6. The molecule has 0 unspecified atom stereocenters. The maximum Gasteiger partial charge on any atom is 0.409 e. The average Bonchev–Trinajstić information content (AvgIpc) is 2.69. The lowest BCUT2D eigenvalue weighted by atomic mass is 10.1. The van der Waals surface area contributed by atoms with E-state index in [0.29, 0.717) is 31.3 Å². The van der Waals surface area contributed by atoms with Crippen LogP contribution in [0.5, 0.6) is 0 Å². The van der Waals surface area contributed by atoms with Crippen LogP contribution in [0.1, 0.15) is 26.7 Å². The van der Waals surface area contributed by atoms with Gasteiger partial charge in [-0.05, 0) is 44.0 Å². The first-order valence-electron chi connectivity index (χ1n) is 9.69. The summed E-state index contributed by atoms with van der Waals surface area (Å²) in [6, 6.07) is 9.39. The molecule has 9 heteroatoms. The van der Waals surface area contributed by atoms with Gasteiger partial charge in [-0.1, -0.05) is 6.07 Å². The number of benzene rings is 1. The number of carbonyl (C=O) groups is 2. The SMILES string of the molecule is CCOC(=O)N1CCC(Nc2ccnc(Nc3cccc(NC(C)=O)c3)n2)CC1. The molecule has 1 saturated heterocycles. The van der Waals surface area contributed by atoms with E-state index >= 15 is 0 Å². The summed E-state index contributed by atoms with van der Waals surface area (Å²) in [7, 11) is 0. The molecule has 3 rings (SSSR count). The summed E-state index contributed by atoms with van der Waals surface area (Å²) in [5.41, 5.74) is 1.47. The van der Waals surface area contributed by atoms with Gasteiger partial charge >= 0.3 is 6.09 Å². The number of carbonyl (C=O) groups excluding carboxylic acids is 2. The Morgan fingerprint density at radius 3 is 2.69 bits per heavy atom. The minimum Gasteiger partial charge on any atom is -0.450 e. The Kier molecular flexibility index (Phi) is 6.83. The van der Waals surface area contributed by atoms with E-state index in [1.807, 2.05) is 37.3 Å². The van der Waals surface area contributed by atoms with E-state index in [4.69, 9.17) is 4.74 Å². The largest absolute Gasteiger partial charge is 0.450 e. The monoisotopic (exact) mass is 398 g/mol. The van der Waals surface area contributed by atoms with Crippen molar-refractivity contribution >= 4 is 35.1 Å². The first kappa shape index (κ1) is 20.4. The molecule has 29 heavy (non-hydrogen) atoms. The van der Waals surface area contributed by atoms with Gasteiger partial charge in [0, 0.05) is 43.6 Å². The Morgan fingerprint density at radius 1 is 1.21 bits per heavy atom. The van der Waals surface area contributed by atoms with E-state index in [0.717, 1.165) is 24.3 Å². The quantitative estimate of drug-likeness (QED) is 0.685. The summed E-state index contributed by atoms with van der Waals surface area (Å²) in [6.07, 6.45) is 3.08. The Balaban J connectivity index is 1.56. The van der Waals surface area contributed by atoms with Gasteiger partial charge in [-0.25, -0.2) is 9.78 Å². The molecule has 1 aromatic carbocycles. The first-order chi connectivity index (χ1) is 14.0. The zero-order valence-electron chi connectivity index (χ0n) is 16.6. The van der Waals surface area contributed by atoms with Gasteiger partial charge in [0.1, 0.15) is 5.82 Å². The molecule has 0 aliphatic carbocycles. The number of hydrogen-bond acceptors (Lipinski definition) is 7. The third kappa shape index (κ3) is 6.06. The number of hydrogen-bond donors (Lipinski definition) is 3. The predicted molar refractivity (Wildman–Crippen MR) is 111 cm³/mol. The number of nitrogens with zero attached hydrogens (tertiary/aromatic N) is 3. The fourth-order valence-electron chi connectivity index (χ4n) is 3.14. The Labute approximate surface area is 169 Å². The predicted octanol–water partition coefficient (Wildman–Crippen LogP) is 3.21. The molecule has 0 atom stereocenters. The van der Waals surface area contributed by atoms with Gasteiger partial charge in [-0.2, -0.15) is 4.98 Å². The molecule has 2 heterocycles. The van der Waals surface area contributed by atoms with Gasteiger partial charge < -0.3 is 25.6 Å². The molecule has 0 radical (unpaired) electrons. The molecule has 154 valence electrons. The van der Waals surface area contributed by atoms with E-state index in [9.17, 15) is 9.59 Å². The second-order valence-corrected chi connectivity index (χ2v) is 6.76. The molecule has 2 aromatic rings. The van der Waals surface area contributed by atoms with Crippen molar-refractivity contribution in [3.63, 3.8) is 0 Å². The van der Waals surface area contributed by atoms with Crippen molar-refractivity contribution in [1.82, 2.24) is 14.9 Å². The normalized spacial score (nSPS) is 14.2. The van der Waals surface area contributed by atoms with Crippen LogP contribution in [0.4, 0.5) is 27.9 Å². The maximum absolute atomic E-state index is 11.8. The van der Waals surface area contributed by atoms with Crippen molar-refractivity contribution in [3.8, 4) is 0 Å². The van der Waals surface area contributed by atoms with Gasteiger partial charge in [0.15, 0.2) is 0 Å². The lowest BCUT2D eigenvalue weighted by molar-refractivity contribution is -0.114. The van der Waals surface area contributed by atoms with Crippen molar-refractivity contribution in [2.24, 2.45) is 0 Å². The van der Waals surface area contributed by atoms with Crippen LogP contribution < -0.4 is 16.0 Å². The van der Waals surface area contributed by atoms with E-state index in [-0.39, 0.29) is 18.0 Å². The minimum atomic E-state index is -0.249. The van der Waals surface area contributed by atoms with E-state index in [1.54, 1.807) is 11.1 Å². The van der Waals surface area contributed by atoms with Crippen LogP contribution in [-0.2, 0) is 9.53 Å². The zero-order valence-corrected chi connectivity index (χ0v) is 16.6. The molecule has 2 amide bonds. The number of piperidine rings is 1. The lowest BCUT2D eigenvalue weighted by Crippen LogP contribution is -2.42. The van der Waals surface area contributed by atoms with Crippen LogP contribution in [0.25, 0.3) is 0 Å². The number of rotatable bonds is 6. The number of anilines is 4. The highest BCUT2D eigenvalue weighted by molar-refractivity contribution is 5.89. The Morgan fingerprint density at radius 2 is 1.97 bits per heavy atom. The van der Waals surface area contributed by atoms with Crippen LogP contribution in [0, 0.1) is 0 Å². The molecule has 0 bridgehead atoms. The number of ether oxygens (including phenoxy) is 1. The van der Waals surface area contributed by atoms with Crippen molar-refractivity contribution < 1.29 is 14.3 Å². The van der Waals surface area contributed by atoms with Crippen LogP contribution >= 0.6 is 0 Å². The van der Waals surface area contributed by atoms with Gasteiger partial charge in [0.05, 0.1) is 6.61 Å². The smallest absolute Gasteiger partial charge is 0.409 e. The maximum atomic E-state index is 11.8. The molecule has 3 N–H and O–H groups in total. The summed E-state index contributed by atoms with van der Waals surface area (Å²) in [6.45, 7) is 4.98. The molecular formula is C20H26N6O3. The Bertz CT molecular complexity index is 852. The van der Waals surface area contributed by atoms with Crippen molar-refractivity contribution in [1.29, 1.82) is 0 Å². The number of amides is 2. The molecule has 0 saturated carbocycles. The summed E-state index contributed by atoms with van der Waals surface area (Å²) < 4.78 is 5.05. The third-order valence-corrected chi connectivity index (χ3v) is 4.47. The van der Waals surface area contributed by atoms with Crippen molar-refractivity contribution in [2.45, 2.75) is 32.7 Å². The third-order valence-electron chi connectivity index (χ3n) is 4.47. The van der Waals surface area contributed by atoms with Crippen molar-refractivity contribution in [3.05, 3.63) is 36.5 Å². The van der Waals surface area contributed by atoms with E-state index < -0.39 is 0 Å². The van der Waals surface area contributed by atoms with E-state index in [2.05, 4.69) is 25.9 Å². The molecular weight excluding hydrogens is 372 g/mol. The van der Waals surface area contributed by atoms with Gasteiger partial charge in [0.25, 0.3) is 0 Å². The fourth-order valence-corrected chi connectivity index (χ4v) is 3.14. The van der Waals surface area contributed by atoms with Crippen molar-refractivity contribution in [2.75, 3.05) is 35.6 Å². The standard InChI is InChI=1S/C20H26N6O3/c1-3-29-20(28)26-11-8-15(9-12-26)23-18-7-10-21-19(25-18)24-17-6-4-5-16(13-17)22-14(2)27/h4-7,10,13,15H,3,8-9,11-12H2,1-2H3,(H,22,27)(H2,21,23,24,25). The Hall–Kier alpha value is -3.36. The lowest BCUT2D eigenvalue weighted by Gasteiger charge is -2.31. The average molecular weight is 398 g/mol.